The van der Waals surface area contributed by atoms with Gasteiger partial charge in [-0.1, -0.05) is 18.2 Å². The average Bonchev–Trinajstić information content (AvgIpc) is 2.39. The van der Waals surface area contributed by atoms with Gasteiger partial charge in [0.2, 0.25) is 0 Å². The highest BCUT2D eigenvalue weighted by molar-refractivity contribution is 5.41. The molecule has 1 unspecified atom stereocenters. The Labute approximate surface area is 111 Å². The lowest BCUT2D eigenvalue weighted by Crippen LogP contribution is -2.10. The Bertz CT molecular complexity index is 572. The number of nitrogen functional groups attached to an aromatic ring is 1. The number of rotatable bonds is 4. The summed E-state index contributed by atoms with van der Waals surface area (Å²) in [7, 11) is 0. The number of halogens is 1. The highest BCUT2D eigenvalue weighted by Gasteiger charge is 2.10. The van der Waals surface area contributed by atoms with Crippen molar-refractivity contribution in [2.45, 2.75) is 13.0 Å². The van der Waals surface area contributed by atoms with Gasteiger partial charge in [-0.05, 0) is 42.3 Å². The van der Waals surface area contributed by atoms with Gasteiger partial charge in [0.1, 0.15) is 12.7 Å². The third-order valence-electron chi connectivity index (χ3n) is 2.78. The zero-order valence-corrected chi connectivity index (χ0v) is 10.6. The van der Waals surface area contributed by atoms with Crippen molar-refractivity contribution in [1.82, 2.24) is 0 Å². The van der Waals surface area contributed by atoms with Crippen LogP contribution in [-0.4, -0.2) is 11.7 Å². The normalized spacial score (nSPS) is 12.2. The molecule has 0 radical (unpaired) electrons. The number of nitrogens with two attached hydrogens (primary N) is 1. The van der Waals surface area contributed by atoms with Gasteiger partial charge in [0.15, 0.2) is 11.6 Å². The molecule has 0 saturated heterocycles. The zero-order valence-electron chi connectivity index (χ0n) is 10.6. The van der Waals surface area contributed by atoms with E-state index in [2.05, 4.69) is 0 Å². The van der Waals surface area contributed by atoms with Gasteiger partial charge in [-0.25, -0.2) is 4.39 Å². The SMILES string of the molecule is Cc1ccc(F)c(OCC(O)c2cccc(N)c2)c1. The average molecular weight is 261 g/mol. The number of hydrogen-bond acceptors (Lipinski definition) is 3. The van der Waals surface area contributed by atoms with Crippen LogP contribution in [-0.2, 0) is 0 Å². The molecule has 0 heterocycles. The summed E-state index contributed by atoms with van der Waals surface area (Å²) in [6.45, 7) is 1.82. The van der Waals surface area contributed by atoms with E-state index >= 15 is 0 Å². The van der Waals surface area contributed by atoms with Crippen LogP contribution in [0.4, 0.5) is 10.1 Å². The third kappa shape index (κ3) is 3.45. The molecule has 0 spiro atoms. The van der Waals surface area contributed by atoms with E-state index in [1.165, 1.54) is 6.07 Å². The smallest absolute Gasteiger partial charge is 0.165 e. The maximum Gasteiger partial charge on any atom is 0.165 e. The number of aliphatic hydroxyl groups excluding tert-OH is 1. The second kappa shape index (κ2) is 5.71. The van der Waals surface area contributed by atoms with Crippen LogP contribution < -0.4 is 10.5 Å². The third-order valence-corrected chi connectivity index (χ3v) is 2.78. The van der Waals surface area contributed by atoms with E-state index < -0.39 is 11.9 Å². The largest absolute Gasteiger partial charge is 0.487 e. The van der Waals surface area contributed by atoms with Crippen molar-refractivity contribution in [2.75, 3.05) is 12.3 Å². The van der Waals surface area contributed by atoms with Crippen LogP contribution in [0.5, 0.6) is 5.75 Å². The Balaban J connectivity index is 2.04. The summed E-state index contributed by atoms with van der Waals surface area (Å²) in [6, 6.07) is 11.5. The molecule has 0 aliphatic heterocycles. The molecule has 2 rings (SSSR count). The molecule has 0 aromatic heterocycles. The number of ether oxygens (including phenoxy) is 1. The molecule has 2 aromatic rings. The van der Waals surface area contributed by atoms with E-state index in [4.69, 9.17) is 10.5 Å². The molecule has 0 aliphatic carbocycles. The van der Waals surface area contributed by atoms with E-state index in [0.29, 0.717) is 11.3 Å². The van der Waals surface area contributed by atoms with E-state index in [9.17, 15) is 9.50 Å². The minimum absolute atomic E-state index is 0.0240. The lowest BCUT2D eigenvalue weighted by Gasteiger charge is -2.14. The summed E-state index contributed by atoms with van der Waals surface area (Å²) >= 11 is 0. The topological polar surface area (TPSA) is 55.5 Å². The monoisotopic (exact) mass is 261 g/mol. The van der Waals surface area contributed by atoms with E-state index in [-0.39, 0.29) is 12.4 Å². The van der Waals surface area contributed by atoms with Crippen LogP contribution >= 0.6 is 0 Å². The number of hydrogen-bond donors (Lipinski definition) is 2. The molecule has 2 aromatic carbocycles. The Morgan fingerprint density at radius 2 is 2.05 bits per heavy atom. The number of benzene rings is 2. The zero-order chi connectivity index (χ0) is 13.8. The van der Waals surface area contributed by atoms with Gasteiger partial charge in [0.25, 0.3) is 0 Å². The minimum atomic E-state index is -0.844. The Morgan fingerprint density at radius 1 is 1.26 bits per heavy atom. The molecule has 0 bridgehead atoms. The Hall–Kier alpha value is -2.07. The molecule has 1 atom stereocenters. The standard InChI is InChI=1S/C15H16FNO2/c1-10-5-6-13(16)15(7-10)19-9-14(18)11-3-2-4-12(17)8-11/h2-8,14,18H,9,17H2,1H3. The highest BCUT2D eigenvalue weighted by atomic mass is 19.1. The van der Waals surface area contributed by atoms with Crippen molar-refractivity contribution in [3.05, 3.63) is 59.4 Å². The first-order valence-corrected chi connectivity index (χ1v) is 5.98. The quantitative estimate of drug-likeness (QED) is 0.832. The minimum Gasteiger partial charge on any atom is -0.487 e. The first-order chi connectivity index (χ1) is 9.06. The molecule has 100 valence electrons. The predicted molar refractivity (Wildman–Crippen MR) is 72.4 cm³/mol. The predicted octanol–water partition coefficient (Wildman–Crippen LogP) is 2.83. The van der Waals surface area contributed by atoms with Crippen LogP contribution in [0, 0.1) is 12.7 Å². The summed E-state index contributed by atoms with van der Waals surface area (Å²) in [5.74, 6) is -0.298. The molecule has 0 aliphatic rings. The lowest BCUT2D eigenvalue weighted by atomic mass is 10.1. The van der Waals surface area contributed by atoms with Crippen molar-refractivity contribution in [3.63, 3.8) is 0 Å². The van der Waals surface area contributed by atoms with E-state index in [1.807, 2.05) is 6.92 Å². The van der Waals surface area contributed by atoms with Crippen LogP contribution in [0.25, 0.3) is 0 Å². The van der Waals surface area contributed by atoms with Gasteiger partial charge in [0.05, 0.1) is 0 Å². The summed E-state index contributed by atoms with van der Waals surface area (Å²) in [5, 5.41) is 9.96. The number of aliphatic hydroxyl groups is 1. The molecule has 0 fully saturated rings. The summed E-state index contributed by atoms with van der Waals surface area (Å²) in [6.07, 6.45) is -0.844. The lowest BCUT2D eigenvalue weighted by molar-refractivity contribution is 0.106. The van der Waals surface area contributed by atoms with Crippen LogP contribution in [0.15, 0.2) is 42.5 Å². The van der Waals surface area contributed by atoms with Crippen molar-refractivity contribution < 1.29 is 14.2 Å². The summed E-state index contributed by atoms with van der Waals surface area (Å²) < 4.78 is 18.8. The molecule has 4 heteroatoms. The maximum absolute atomic E-state index is 13.5. The first-order valence-electron chi connectivity index (χ1n) is 5.98. The van der Waals surface area contributed by atoms with Gasteiger partial charge in [0, 0.05) is 5.69 Å². The fraction of sp³-hybridized carbons (Fsp3) is 0.200. The highest BCUT2D eigenvalue weighted by Crippen LogP contribution is 2.21. The molecular formula is C15H16FNO2. The van der Waals surface area contributed by atoms with Crippen molar-refractivity contribution in [2.24, 2.45) is 0 Å². The van der Waals surface area contributed by atoms with Gasteiger partial charge < -0.3 is 15.6 Å². The first kappa shape index (κ1) is 13.4. The Morgan fingerprint density at radius 3 is 2.79 bits per heavy atom. The maximum atomic E-state index is 13.5. The van der Waals surface area contributed by atoms with Crippen molar-refractivity contribution >= 4 is 5.69 Å². The summed E-state index contributed by atoms with van der Waals surface area (Å²) in [5.41, 5.74) is 7.75. The molecule has 0 saturated carbocycles. The number of anilines is 1. The molecule has 0 amide bonds. The second-order valence-electron chi connectivity index (χ2n) is 4.43. The van der Waals surface area contributed by atoms with Crippen molar-refractivity contribution in [1.29, 1.82) is 0 Å². The van der Waals surface area contributed by atoms with E-state index in [0.717, 1.165) is 5.56 Å². The van der Waals surface area contributed by atoms with Crippen LogP contribution in [0.3, 0.4) is 0 Å². The molecule has 3 N–H and O–H groups in total. The van der Waals surface area contributed by atoms with Gasteiger partial charge in [-0.3, -0.25) is 0 Å². The fourth-order valence-corrected chi connectivity index (χ4v) is 1.75. The summed E-state index contributed by atoms with van der Waals surface area (Å²) in [4.78, 5) is 0. The number of aryl methyl sites for hydroxylation is 1. The molecule has 3 nitrogen and oxygen atoms in total. The fourth-order valence-electron chi connectivity index (χ4n) is 1.75. The molecule has 19 heavy (non-hydrogen) atoms. The van der Waals surface area contributed by atoms with Gasteiger partial charge >= 0.3 is 0 Å². The van der Waals surface area contributed by atoms with E-state index in [1.54, 1.807) is 36.4 Å². The van der Waals surface area contributed by atoms with Crippen molar-refractivity contribution in [3.8, 4) is 5.75 Å². The second-order valence-corrected chi connectivity index (χ2v) is 4.43. The van der Waals surface area contributed by atoms with Crippen LogP contribution in [0.1, 0.15) is 17.2 Å². The molecular weight excluding hydrogens is 245 g/mol. The van der Waals surface area contributed by atoms with Crippen LogP contribution in [0.2, 0.25) is 0 Å². The van der Waals surface area contributed by atoms with Gasteiger partial charge in [-0.2, -0.15) is 0 Å². The Kier molecular flexibility index (Phi) is 4.02. The van der Waals surface area contributed by atoms with Gasteiger partial charge in [-0.15, -0.1) is 0 Å².